The summed E-state index contributed by atoms with van der Waals surface area (Å²) in [4.78, 5) is 7.23. The number of nitrogens with one attached hydrogen (secondary N) is 2. The molecule has 0 aliphatic heterocycles. The SMILES string of the molecule is SCNCc1ccc2nc[nH]c2c1. The van der Waals surface area contributed by atoms with E-state index in [9.17, 15) is 0 Å². The van der Waals surface area contributed by atoms with E-state index in [0.717, 1.165) is 17.6 Å². The van der Waals surface area contributed by atoms with Gasteiger partial charge < -0.3 is 10.3 Å². The Morgan fingerprint density at radius 2 is 2.38 bits per heavy atom. The quantitative estimate of drug-likeness (QED) is 0.511. The number of H-pyrrole nitrogens is 1. The van der Waals surface area contributed by atoms with E-state index >= 15 is 0 Å². The van der Waals surface area contributed by atoms with Crippen LogP contribution in [0.5, 0.6) is 0 Å². The van der Waals surface area contributed by atoms with Crippen LogP contribution in [0.1, 0.15) is 5.56 Å². The Balaban J connectivity index is 2.26. The Morgan fingerprint density at radius 3 is 3.23 bits per heavy atom. The van der Waals surface area contributed by atoms with Crippen molar-refractivity contribution >= 4 is 23.7 Å². The fraction of sp³-hybridized carbons (Fsp3) is 0.222. The summed E-state index contributed by atoms with van der Waals surface area (Å²) >= 11 is 4.08. The van der Waals surface area contributed by atoms with Gasteiger partial charge in [-0.3, -0.25) is 0 Å². The third kappa shape index (κ3) is 1.84. The second-order valence-corrected chi connectivity index (χ2v) is 3.16. The van der Waals surface area contributed by atoms with Crippen molar-refractivity contribution in [3.05, 3.63) is 30.1 Å². The highest BCUT2D eigenvalue weighted by atomic mass is 32.1. The molecule has 0 bridgehead atoms. The summed E-state index contributed by atoms with van der Waals surface area (Å²) in [6.45, 7) is 0.846. The highest BCUT2D eigenvalue weighted by molar-refractivity contribution is 7.80. The number of aromatic nitrogens is 2. The van der Waals surface area contributed by atoms with Crippen molar-refractivity contribution in [3.8, 4) is 0 Å². The maximum atomic E-state index is 4.15. The maximum Gasteiger partial charge on any atom is 0.0931 e. The zero-order valence-corrected chi connectivity index (χ0v) is 8.01. The van der Waals surface area contributed by atoms with Gasteiger partial charge in [0.15, 0.2) is 0 Å². The molecule has 3 nitrogen and oxygen atoms in total. The molecule has 0 saturated carbocycles. The first-order valence-electron chi connectivity index (χ1n) is 4.14. The molecule has 0 saturated heterocycles. The van der Waals surface area contributed by atoms with E-state index in [2.05, 4.69) is 40.0 Å². The van der Waals surface area contributed by atoms with Crippen molar-refractivity contribution in [1.29, 1.82) is 0 Å². The fourth-order valence-corrected chi connectivity index (χ4v) is 1.40. The van der Waals surface area contributed by atoms with Crippen LogP contribution < -0.4 is 5.32 Å². The van der Waals surface area contributed by atoms with Crippen molar-refractivity contribution in [2.75, 3.05) is 5.88 Å². The van der Waals surface area contributed by atoms with Gasteiger partial charge in [0, 0.05) is 12.4 Å². The number of thiol groups is 1. The first kappa shape index (κ1) is 8.59. The molecule has 2 aromatic rings. The number of rotatable bonds is 3. The normalized spacial score (nSPS) is 10.8. The second-order valence-electron chi connectivity index (χ2n) is 2.84. The molecular formula is C9H11N3S. The van der Waals surface area contributed by atoms with Gasteiger partial charge in [-0.1, -0.05) is 6.07 Å². The molecule has 1 aromatic heterocycles. The molecule has 0 spiro atoms. The van der Waals surface area contributed by atoms with Crippen molar-refractivity contribution in [1.82, 2.24) is 15.3 Å². The molecule has 0 aliphatic rings. The van der Waals surface area contributed by atoms with Crippen LogP contribution in [0.25, 0.3) is 11.0 Å². The van der Waals surface area contributed by atoms with Crippen molar-refractivity contribution in [2.45, 2.75) is 6.54 Å². The maximum absolute atomic E-state index is 4.15. The van der Waals surface area contributed by atoms with E-state index in [1.54, 1.807) is 6.33 Å². The van der Waals surface area contributed by atoms with E-state index in [1.165, 1.54) is 5.56 Å². The zero-order chi connectivity index (χ0) is 9.10. The zero-order valence-electron chi connectivity index (χ0n) is 7.12. The van der Waals surface area contributed by atoms with Crippen LogP contribution in [-0.4, -0.2) is 15.8 Å². The average molecular weight is 193 g/mol. The molecule has 13 heavy (non-hydrogen) atoms. The molecule has 0 amide bonds. The van der Waals surface area contributed by atoms with Crippen LogP contribution in [0.4, 0.5) is 0 Å². The number of aromatic amines is 1. The number of hydrogen-bond donors (Lipinski definition) is 3. The van der Waals surface area contributed by atoms with E-state index in [0.29, 0.717) is 5.88 Å². The topological polar surface area (TPSA) is 40.7 Å². The van der Waals surface area contributed by atoms with E-state index in [-0.39, 0.29) is 0 Å². The molecule has 0 unspecified atom stereocenters. The van der Waals surface area contributed by atoms with E-state index in [4.69, 9.17) is 0 Å². The summed E-state index contributed by atoms with van der Waals surface area (Å²) in [6, 6.07) is 6.18. The number of benzene rings is 1. The smallest absolute Gasteiger partial charge is 0.0931 e. The van der Waals surface area contributed by atoms with Gasteiger partial charge in [-0.2, -0.15) is 12.6 Å². The second kappa shape index (κ2) is 3.81. The molecule has 0 atom stereocenters. The summed E-state index contributed by atoms with van der Waals surface area (Å²) in [5.41, 5.74) is 3.33. The van der Waals surface area contributed by atoms with Gasteiger partial charge in [0.25, 0.3) is 0 Å². The molecule has 0 radical (unpaired) electrons. The van der Waals surface area contributed by atoms with Gasteiger partial charge in [-0.15, -0.1) is 0 Å². The largest absolute Gasteiger partial charge is 0.345 e. The van der Waals surface area contributed by atoms with Gasteiger partial charge in [-0.25, -0.2) is 4.98 Å². The Kier molecular flexibility index (Phi) is 2.52. The van der Waals surface area contributed by atoms with Crippen LogP contribution in [0.2, 0.25) is 0 Å². The lowest BCUT2D eigenvalue weighted by molar-refractivity contribution is 0.799. The average Bonchev–Trinajstić information content (AvgIpc) is 2.61. The van der Waals surface area contributed by atoms with Gasteiger partial charge in [0.05, 0.1) is 17.4 Å². The molecule has 1 aromatic carbocycles. The van der Waals surface area contributed by atoms with Gasteiger partial charge in [-0.05, 0) is 17.7 Å². The van der Waals surface area contributed by atoms with Crippen molar-refractivity contribution < 1.29 is 0 Å². The first-order valence-corrected chi connectivity index (χ1v) is 4.77. The molecule has 4 heteroatoms. The standard InChI is InChI=1S/C9H11N3S/c13-6-10-4-7-1-2-8-9(3-7)12-5-11-8/h1-3,5,10,13H,4,6H2,(H,11,12). The molecule has 2 N–H and O–H groups in total. The van der Waals surface area contributed by atoms with Gasteiger partial charge >= 0.3 is 0 Å². The van der Waals surface area contributed by atoms with Crippen LogP contribution in [0, 0.1) is 0 Å². The number of fused-ring (bicyclic) bond motifs is 1. The van der Waals surface area contributed by atoms with Crippen molar-refractivity contribution in [3.63, 3.8) is 0 Å². The minimum absolute atomic E-state index is 0.695. The monoisotopic (exact) mass is 193 g/mol. The predicted octanol–water partition coefficient (Wildman–Crippen LogP) is 1.54. The Morgan fingerprint density at radius 1 is 1.46 bits per heavy atom. The Hall–Kier alpha value is -1.00. The molecule has 2 rings (SSSR count). The van der Waals surface area contributed by atoms with Crippen molar-refractivity contribution in [2.24, 2.45) is 0 Å². The minimum Gasteiger partial charge on any atom is -0.345 e. The predicted molar refractivity (Wildman–Crippen MR) is 56.8 cm³/mol. The molecular weight excluding hydrogens is 182 g/mol. The summed E-state index contributed by atoms with van der Waals surface area (Å²) in [5, 5.41) is 3.15. The third-order valence-corrected chi connectivity index (χ3v) is 2.15. The summed E-state index contributed by atoms with van der Waals surface area (Å²) in [5.74, 6) is 0.695. The van der Waals surface area contributed by atoms with Crippen LogP contribution in [0.3, 0.4) is 0 Å². The van der Waals surface area contributed by atoms with E-state index < -0.39 is 0 Å². The summed E-state index contributed by atoms with van der Waals surface area (Å²) in [6.07, 6.45) is 1.71. The molecule has 68 valence electrons. The Labute approximate surface area is 82.0 Å². The number of hydrogen-bond acceptors (Lipinski definition) is 3. The lowest BCUT2D eigenvalue weighted by Crippen LogP contribution is -2.09. The van der Waals surface area contributed by atoms with Crippen LogP contribution >= 0.6 is 12.6 Å². The molecule has 1 heterocycles. The molecule has 0 fully saturated rings. The first-order chi connectivity index (χ1) is 6.40. The number of nitrogens with zero attached hydrogens (tertiary/aromatic N) is 1. The highest BCUT2D eigenvalue weighted by Gasteiger charge is 1.96. The highest BCUT2D eigenvalue weighted by Crippen LogP contribution is 2.11. The summed E-state index contributed by atoms with van der Waals surface area (Å²) < 4.78 is 0. The summed E-state index contributed by atoms with van der Waals surface area (Å²) in [7, 11) is 0. The van der Waals surface area contributed by atoms with Crippen LogP contribution in [0.15, 0.2) is 24.5 Å². The molecule has 0 aliphatic carbocycles. The Bertz CT molecular complexity index is 396. The number of imidazole rings is 1. The van der Waals surface area contributed by atoms with E-state index in [1.807, 2.05) is 6.07 Å². The third-order valence-electron chi connectivity index (χ3n) is 1.93. The lowest BCUT2D eigenvalue weighted by Gasteiger charge is -2.00. The minimum atomic E-state index is 0.695. The van der Waals surface area contributed by atoms with Crippen LogP contribution in [-0.2, 0) is 6.54 Å². The lowest BCUT2D eigenvalue weighted by atomic mass is 10.2. The van der Waals surface area contributed by atoms with Gasteiger partial charge in [0.2, 0.25) is 0 Å². The fourth-order valence-electron chi connectivity index (χ4n) is 1.29. The van der Waals surface area contributed by atoms with Gasteiger partial charge in [0.1, 0.15) is 0 Å².